The molecule has 0 radical (unpaired) electrons. The molecule has 1 unspecified atom stereocenters. The molecule has 2 rings (SSSR count). The van der Waals surface area contributed by atoms with Crippen molar-refractivity contribution in [1.82, 2.24) is 0 Å². The van der Waals surface area contributed by atoms with Gasteiger partial charge < -0.3 is 10.5 Å². The molecule has 0 amide bonds. The predicted molar refractivity (Wildman–Crippen MR) is 87.6 cm³/mol. The van der Waals surface area contributed by atoms with E-state index in [0.717, 1.165) is 22.9 Å². The third-order valence-corrected chi connectivity index (χ3v) is 4.06. The molecule has 0 bridgehead atoms. The van der Waals surface area contributed by atoms with Gasteiger partial charge in [0.25, 0.3) is 0 Å². The van der Waals surface area contributed by atoms with E-state index in [-0.39, 0.29) is 11.1 Å². The van der Waals surface area contributed by atoms with Gasteiger partial charge in [-0.3, -0.25) is 0 Å². The number of rotatable bonds is 5. The van der Waals surface area contributed by atoms with E-state index in [2.05, 4.69) is 22.9 Å². The van der Waals surface area contributed by atoms with Crippen molar-refractivity contribution in [2.24, 2.45) is 5.73 Å². The lowest BCUT2D eigenvalue weighted by atomic mass is 10.0. The molecule has 1 atom stereocenters. The largest absolute Gasteiger partial charge is 0.456 e. The van der Waals surface area contributed by atoms with Gasteiger partial charge in [0.1, 0.15) is 17.3 Å². The van der Waals surface area contributed by atoms with Crippen LogP contribution in [-0.2, 0) is 6.42 Å². The molecule has 0 aliphatic rings. The minimum atomic E-state index is -0.504. The summed E-state index contributed by atoms with van der Waals surface area (Å²) in [7, 11) is 0. The summed E-state index contributed by atoms with van der Waals surface area (Å²) >= 11 is 9.11. The molecule has 2 aromatic carbocycles. The Bertz CT molecular complexity index is 636. The smallest absolute Gasteiger partial charge is 0.145 e. The molecule has 112 valence electrons. The molecule has 0 saturated carbocycles. The van der Waals surface area contributed by atoms with Gasteiger partial charge in [-0.2, -0.15) is 0 Å². The Labute approximate surface area is 137 Å². The quantitative estimate of drug-likeness (QED) is 0.771. The van der Waals surface area contributed by atoms with Crippen LogP contribution in [0.5, 0.6) is 11.5 Å². The molecular weight excluding hydrogens is 357 g/mol. The fourth-order valence-electron chi connectivity index (χ4n) is 1.87. The molecule has 0 aliphatic carbocycles. The summed E-state index contributed by atoms with van der Waals surface area (Å²) in [6.07, 6.45) is 1.74. The third-order valence-electron chi connectivity index (χ3n) is 3.14. The van der Waals surface area contributed by atoms with E-state index in [1.807, 2.05) is 18.2 Å². The fourth-order valence-corrected chi connectivity index (χ4v) is 2.49. The minimum Gasteiger partial charge on any atom is -0.456 e. The molecule has 0 saturated heterocycles. The van der Waals surface area contributed by atoms with Crippen molar-refractivity contribution < 1.29 is 9.13 Å². The molecule has 0 heterocycles. The Morgan fingerprint density at radius 3 is 2.67 bits per heavy atom. The number of ether oxygens (including phenoxy) is 1. The molecule has 0 aliphatic heterocycles. The maximum atomic E-state index is 13.4. The first-order valence-electron chi connectivity index (χ1n) is 6.66. The summed E-state index contributed by atoms with van der Waals surface area (Å²) in [5.41, 5.74) is 7.08. The maximum absolute atomic E-state index is 13.4. The first-order valence-corrected chi connectivity index (χ1v) is 7.83. The maximum Gasteiger partial charge on any atom is 0.145 e. The second-order valence-electron chi connectivity index (χ2n) is 4.82. The zero-order valence-corrected chi connectivity index (χ0v) is 13.9. The van der Waals surface area contributed by atoms with Gasteiger partial charge in [-0.25, -0.2) is 4.39 Å². The molecule has 2 N–H and O–H groups in total. The Balaban J connectivity index is 2.15. The van der Waals surface area contributed by atoms with Crippen molar-refractivity contribution in [2.45, 2.75) is 25.8 Å². The van der Waals surface area contributed by atoms with Gasteiger partial charge in [0.2, 0.25) is 0 Å². The summed E-state index contributed by atoms with van der Waals surface area (Å²) in [5, 5.41) is 0.0744. The Morgan fingerprint density at radius 2 is 2.05 bits per heavy atom. The SMILES string of the molecule is CCC(N)Cc1ccc(Oc2ccc(Cl)c(F)c2)c(Br)c1. The van der Waals surface area contributed by atoms with Crippen LogP contribution in [0.2, 0.25) is 5.02 Å². The van der Waals surface area contributed by atoms with Gasteiger partial charge in [-0.05, 0) is 58.6 Å². The Kier molecular flexibility index (Phi) is 5.62. The first-order chi connectivity index (χ1) is 9.99. The van der Waals surface area contributed by atoms with Crippen molar-refractivity contribution in [1.29, 1.82) is 0 Å². The summed E-state index contributed by atoms with van der Waals surface area (Å²) in [6, 6.07) is 10.3. The zero-order valence-electron chi connectivity index (χ0n) is 11.6. The van der Waals surface area contributed by atoms with Gasteiger partial charge >= 0.3 is 0 Å². The molecule has 0 spiro atoms. The third kappa shape index (κ3) is 4.43. The second kappa shape index (κ2) is 7.25. The molecule has 0 fully saturated rings. The minimum absolute atomic E-state index is 0.0744. The normalized spacial score (nSPS) is 12.2. The van der Waals surface area contributed by atoms with Crippen molar-refractivity contribution in [2.75, 3.05) is 0 Å². The van der Waals surface area contributed by atoms with E-state index < -0.39 is 5.82 Å². The molecular formula is C16H16BrClFNO. The van der Waals surface area contributed by atoms with Gasteiger partial charge in [-0.15, -0.1) is 0 Å². The number of benzene rings is 2. The van der Waals surface area contributed by atoms with E-state index in [1.165, 1.54) is 12.1 Å². The van der Waals surface area contributed by atoms with Crippen molar-refractivity contribution in [3.63, 3.8) is 0 Å². The molecule has 5 heteroatoms. The van der Waals surface area contributed by atoms with Crippen molar-refractivity contribution in [3.05, 3.63) is 57.3 Å². The number of hydrogen-bond acceptors (Lipinski definition) is 2. The highest BCUT2D eigenvalue weighted by molar-refractivity contribution is 9.10. The topological polar surface area (TPSA) is 35.2 Å². The average Bonchev–Trinajstić information content (AvgIpc) is 2.45. The van der Waals surface area contributed by atoms with Crippen LogP contribution in [-0.4, -0.2) is 6.04 Å². The monoisotopic (exact) mass is 371 g/mol. The van der Waals surface area contributed by atoms with Crippen LogP contribution in [0.1, 0.15) is 18.9 Å². The van der Waals surface area contributed by atoms with E-state index in [9.17, 15) is 4.39 Å². The average molecular weight is 373 g/mol. The lowest BCUT2D eigenvalue weighted by Crippen LogP contribution is -2.21. The number of hydrogen-bond donors (Lipinski definition) is 1. The summed E-state index contributed by atoms with van der Waals surface area (Å²) < 4.78 is 19.9. The first kappa shape index (κ1) is 16.3. The highest BCUT2D eigenvalue weighted by Crippen LogP contribution is 2.32. The Hall–Kier alpha value is -1.10. The van der Waals surface area contributed by atoms with Crippen LogP contribution in [0.4, 0.5) is 4.39 Å². The number of halogens is 3. The van der Waals surface area contributed by atoms with Crippen LogP contribution in [0, 0.1) is 5.82 Å². The van der Waals surface area contributed by atoms with E-state index in [1.54, 1.807) is 6.07 Å². The predicted octanol–water partition coefficient (Wildman–Crippen LogP) is 5.31. The number of nitrogens with two attached hydrogens (primary N) is 1. The van der Waals surface area contributed by atoms with Crippen LogP contribution in [0.25, 0.3) is 0 Å². The van der Waals surface area contributed by atoms with Gasteiger partial charge in [-0.1, -0.05) is 24.6 Å². The summed E-state index contributed by atoms with van der Waals surface area (Å²) in [5.74, 6) is 0.511. The van der Waals surface area contributed by atoms with Crippen LogP contribution < -0.4 is 10.5 Å². The fraction of sp³-hybridized carbons (Fsp3) is 0.250. The Morgan fingerprint density at radius 1 is 1.29 bits per heavy atom. The highest BCUT2D eigenvalue weighted by Gasteiger charge is 2.08. The second-order valence-corrected chi connectivity index (χ2v) is 6.08. The summed E-state index contributed by atoms with van der Waals surface area (Å²) in [4.78, 5) is 0. The zero-order chi connectivity index (χ0) is 15.4. The van der Waals surface area contributed by atoms with Crippen molar-refractivity contribution in [3.8, 4) is 11.5 Å². The molecule has 2 nitrogen and oxygen atoms in total. The van der Waals surface area contributed by atoms with E-state index in [4.69, 9.17) is 22.1 Å². The van der Waals surface area contributed by atoms with Gasteiger partial charge in [0, 0.05) is 12.1 Å². The van der Waals surface area contributed by atoms with Crippen molar-refractivity contribution >= 4 is 27.5 Å². The summed E-state index contributed by atoms with van der Waals surface area (Å²) in [6.45, 7) is 2.06. The lowest BCUT2D eigenvalue weighted by Gasteiger charge is -2.12. The van der Waals surface area contributed by atoms with E-state index in [0.29, 0.717) is 11.5 Å². The standard InChI is InChI=1S/C16H16BrClFNO/c1-2-11(20)7-10-3-6-16(13(17)8-10)21-12-4-5-14(18)15(19)9-12/h3-6,8-9,11H,2,7,20H2,1H3. The van der Waals surface area contributed by atoms with Gasteiger partial charge in [0.15, 0.2) is 0 Å². The highest BCUT2D eigenvalue weighted by atomic mass is 79.9. The molecule has 2 aromatic rings. The lowest BCUT2D eigenvalue weighted by molar-refractivity contribution is 0.473. The van der Waals surface area contributed by atoms with Crippen LogP contribution in [0.3, 0.4) is 0 Å². The molecule has 0 aromatic heterocycles. The van der Waals surface area contributed by atoms with Crippen LogP contribution in [0.15, 0.2) is 40.9 Å². The van der Waals surface area contributed by atoms with Crippen LogP contribution >= 0.6 is 27.5 Å². The van der Waals surface area contributed by atoms with Gasteiger partial charge in [0.05, 0.1) is 9.50 Å². The van der Waals surface area contributed by atoms with E-state index >= 15 is 0 Å². The molecule has 21 heavy (non-hydrogen) atoms.